The largest absolute Gasteiger partial charge is 0.307 e. The molecule has 0 unspecified atom stereocenters. The molecular formula is C10H10N2OS. The van der Waals surface area contributed by atoms with Gasteiger partial charge in [0.2, 0.25) is 0 Å². The molecule has 0 amide bonds. The third-order valence-electron chi connectivity index (χ3n) is 1.93. The molecule has 0 aliphatic rings. The second-order valence-electron chi connectivity index (χ2n) is 3.17. The Labute approximate surface area is 85.7 Å². The van der Waals surface area contributed by atoms with Crippen molar-refractivity contribution in [1.82, 2.24) is 9.55 Å². The summed E-state index contributed by atoms with van der Waals surface area (Å²) in [6, 6.07) is 2.04. The summed E-state index contributed by atoms with van der Waals surface area (Å²) >= 11 is 1.21. The maximum Gasteiger partial charge on any atom is 0.307 e. The van der Waals surface area contributed by atoms with E-state index in [0.29, 0.717) is 6.54 Å². The molecule has 2 aromatic rings. The minimum Gasteiger partial charge on any atom is -0.301 e. The van der Waals surface area contributed by atoms with Gasteiger partial charge in [-0.05, 0) is 18.1 Å². The van der Waals surface area contributed by atoms with Gasteiger partial charge in [0, 0.05) is 24.0 Å². The number of aryl methyl sites for hydroxylation is 1. The number of thiazole rings is 1. The molecule has 0 fully saturated rings. The van der Waals surface area contributed by atoms with Crippen LogP contribution in [-0.4, -0.2) is 9.55 Å². The third-order valence-corrected chi connectivity index (χ3v) is 2.62. The van der Waals surface area contributed by atoms with Crippen LogP contribution in [0.15, 0.2) is 34.8 Å². The van der Waals surface area contributed by atoms with E-state index in [2.05, 4.69) is 4.98 Å². The van der Waals surface area contributed by atoms with Gasteiger partial charge in [0.1, 0.15) is 0 Å². The minimum absolute atomic E-state index is 0.0755. The van der Waals surface area contributed by atoms with E-state index in [0.717, 1.165) is 11.1 Å². The zero-order valence-corrected chi connectivity index (χ0v) is 8.62. The number of hydrogen-bond acceptors (Lipinski definition) is 3. The van der Waals surface area contributed by atoms with Crippen molar-refractivity contribution in [3.63, 3.8) is 0 Å². The Balaban J connectivity index is 2.27. The lowest BCUT2D eigenvalue weighted by atomic mass is 10.2. The van der Waals surface area contributed by atoms with E-state index in [1.165, 1.54) is 11.3 Å². The highest BCUT2D eigenvalue weighted by molar-refractivity contribution is 7.07. The van der Waals surface area contributed by atoms with Crippen LogP contribution in [0.5, 0.6) is 0 Å². The summed E-state index contributed by atoms with van der Waals surface area (Å²) in [4.78, 5) is 15.4. The zero-order chi connectivity index (χ0) is 9.97. The lowest BCUT2D eigenvalue weighted by molar-refractivity contribution is 0.779. The standard InChI is InChI=1S/C10H10N2OS/c1-8-4-9(6-11-5-8)7-12-2-3-14-10(12)13/h2-6H,7H2,1H3. The molecule has 0 radical (unpaired) electrons. The van der Waals surface area contributed by atoms with Gasteiger partial charge in [0.15, 0.2) is 0 Å². The van der Waals surface area contributed by atoms with Crippen molar-refractivity contribution < 1.29 is 0 Å². The molecule has 3 nitrogen and oxygen atoms in total. The van der Waals surface area contributed by atoms with E-state index in [-0.39, 0.29) is 4.87 Å². The Morgan fingerprint density at radius 3 is 3.00 bits per heavy atom. The fraction of sp³-hybridized carbons (Fsp3) is 0.200. The summed E-state index contributed by atoms with van der Waals surface area (Å²) in [5, 5.41) is 1.80. The third kappa shape index (κ3) is 1.90. The van der Waals surface area contributed by atoms with Gasteiger partial charge in [0.05, 0.1) is 6.54 Å². The lowest BCUT2D eigenvalue weighted by Crippen LogP contribution is -2.12. The average Bonchev–Trinajstić information content (AvgIpc) is 2.52. The van der Waals surface area contributed by atoms with Gasteiger partial charge in [-0.2, -0.15) is 0 Å². The van der Waals surface area contributed by atoms with E-state index < -0.39 is 0 Å². The number of hydrogen-bond donors (Lipinski definition) is 0. The van der Waals surface area contributed by atoms with E-state index >= 15 is 0 Å². The van der Waals surface area contributed by atoms with E-state index in [9.17, 15) is 4.79 Å². The first kappa shape index (κ1) is 9.15. The van der Waals surface area contributed by atoms with Gasteiger partial charge in [-0.1, -0.05) is 17.4 Å². The Kier molecular flexibility index (Phi) is 2.45. The second-order valence-corrected chi connectivity index (χ2v) is 4.02. The van der Waals surface area contributed by atoms with Crippen molar-refractivity contribution in [1.29, 1.82) is 0 Å². The minimum atomic E-state index is 0.0755. The highest BCUT2D eigenvalue weighted by Gasteiger charge is 1.98. The molecule has 0 aliphatic heterocycles. The number of rotatable bonds is 2. The van der Waals surface area contributed by atoms with Gasteiger partial charge in [-0.3, -0.25) is 9.78 Å². The first-order valence-corrected chi connectivity index (χ1v) is 5.18. The maximum atomic E-state index is 11.3. The smallest absolute Gasteiger partial charge is 0.301 e. The van der Waals surface area contributed by atoms with Crippen LogP contribution in [0.3, 0.4) is 0 Å². The second kappa shape index (κ2) is 3.75. The van der Waals surface area contributed by atoms with E-state index in [1.54, 1.807) is 28.5 Å². The molecule has 4 heteroatoms. The zero-order valence-electron chi connectivity index (χ0n) is 7.80. The normalized spacial score (nSPS) is 10.4. The Hall–Kier alpha value is -1.42. The van der Waals surface area contributed by atoms with Gasteiger partial charge < -0.3 is 4.57 Å². The Bertz CT molecular complexity index is 487. The van der Waals surface area contributed by atoms with Crippen LogP contribution in [0.4, 0.5) is 0 Å². The van der Waals surface area contributed by atoms with Crippen LogP contribution < -0.4 is 4.87 Å². The maximum absolute atomic E-state index is 11.3. The highest BCUT2D eigenvalue weighted by Crippen LogP contribution is 2.03. The molecule has 0 aliphatic carbocycles. The van der Waals surface area contributed by atoms with E-state index in [4.69, 9.17) is 0 Å². The van der Waals surface area contributed by atoms with Crippen molar-refractivity contribution >= 4 is 11.3 Å². The number of nitrogens with zero attached hydrogens (tertiary/aromatic N) is 2. The Morgan fingerprint density at radius 1 is 1.50 bits per heavy atom. The van der Waals surface area contributed by atoms with Crippen LogP contribution in [0.25, 0.3) is 0 Å². The SMILES string of the molecule is Cc1cncc(Cn2ccsc2=O)c1. The summed E-state index contributed by atoms with van der Waals surface area (Å²) in [5.74, 6) is 0. The number of pyridine rings is 1. The quantitative estimate of drug-likeness (QED) is 0.749. The van der Waals surface area contributed by atoms with Crippen LogP contribution in [0.2, 0.25) is 0 Å². The first-order chi connectivity index (χ1) is 6.75. The summed E-state index contributed by atoms with van der Waals surface area (Å²) in [5.41, 5.74) is 2.18. The average molecular weight is 206 g/mol. The molecule has 0 aromatic carbocycles. The van der Waals surface area contributed by atoms with Crippen molar-refractivity contribution in [2.24, 2.45) is 0 Å². The molecule has 0 N–H and O–H groups in total. The fourth-order valence-electron chi connectivity index (χ4n) is 1.31. The van der Waals surface area contributed by atoms with E-state index in [1.807, 2.05) is 13.0 Å². The number of aromatic nitrogens is 2. The monoisotopic (exact) mass is 206 g/mol. The summed E-state index contributed by atoms with van der Waals surface area (Å²) in [7, 11) is 0. The van der Waals surface area contributed by atoms with Crippen LogP contribution in [-0.2, 0) is 6.54 Å². The molecule has 2 aromatic heterocycles. The van der Waals surface area contributed by atoms with Gasteiger partial charge in [0.25, 0.3) is 0 Å². The molecule has 2 rings (SSSR count). The molecular weight excluding hydrogens is 196 g/mol. The molecule has 0 bridgehead atoms. The van der Waals surface area contributed by atoms with Crippen molar-refractivity contribution in [2.75, 3.05) is 0 Å². The van der Waals surface area contributed by atoms with Crippen molar-refractivity contribution in [2.45, 2.75) is 13.5 Å². The molecule has 0 saturated carbocycles. The summed E-state index contributed by atoms with van der Waals surface area (Å²) in [6.45, 7) is 2.60. The van der Waals surface area contributed by atoms with Crippen LogP contribution >= 0.6 is 11.3 Å². The Morgan fingerprint density at radius 2 is 2.36 bits per heavy atom. The van der Waals surface area contributed by atoms with Crippen LogP contribution in [0, 0.1) is 6.92 Å². The van der Waals surface area contributed by atoms with Gasteiger partial charge >= 0.3 is 4.87 Å². The molecule has 14 heavy (non-hydrogen) atoms. The van der Waals surface area contributed by atoms with Gasteiger partial charge in [-0.25, -0.2) is 0 Å². The van der Waals surface area contributed by atoms with Crippen molar-refractivity contribution in [3.05, 3.63) is 50.8 Å². The highest BCUT2D eigenvalue weighted by atomic mass is 32.1. The lowest BCUT2D eigenvalue weighted by Gasteiger charge is -2.01. The molecule has 72 valence electrons. The fourth-order valence-corrected chi connectivity index (χ4v) is 1.89. The molecule has 0 spiro atoms. The first-order valence-electron chi connectivity index (χ1n) is 4.30. The van der Waals surface area contributed by atoms with Gasteiger partial charge in [-0.15, -0.1) is 0 Å². The van der Waals surface area contributed by atoms with Crippen molar-refractivity contribution in [3.8, 4) is 0 Å². The topological polar surface area (TPSA) is 34.9 Å². The summed E-state index contributed by atoms with van der Waals surface area (Å²) in [6.07, 6.45) is 5.40. The molecule has 0 atom stereocenters. The summed E-state index contributed by atoms with van der Waals surface area (Å²) < 4.78 is 1.68. The molecule has 2 heterocycles. The molecule has 0 saturated heterocycles. The predicted molar refractivity (Wildman–Crippen MR) is 56.7 cm³/mol. The predicted octanol–water partition coefficient (Wildman–Crippen LogP) is 1.66. The van der Waals surface area contributed by atoms with Crippen LogP contribution in [0.1, 0.15) is 11.1 Å².